The summed E-state index contributed by atoms with van der Waals surface area (Å²) in [5.74, 6) is 0.145. The van der Waals surface area contributed by atoms with E-state index in [1.165, 1.54) is 5.56 Å². The molecule has 1 N–H and O–H groups in total. The summed E-state index contributed by atoms with van der Waals surface area (Å²) in [5, 5.41) is 3.79. The summed E-state index contributed by atoms with van der Waals surface area (Å²) >= 11 is 3.40. The summed E-state index contributed by atoms with van der Waals surface area (Å²) < 4.78 is 0. The smallest absolute Gasteiger partial charge is 0.220 e. The Labute approximate surface area is 106 Å². The normalized spacial score (nSPS) is 10.1. The van der Waals surface area contributed by atoms with Crippen molar-refractivity contribution >= 4 is 21.8 Å². The molecule has 0 atom stereocenters. The average molecular weight is 284 g/mol. The number of hydrogen-bond donors (Lipinski definition) is 1. The Morgan fingerprint density at radius 1 is 1.25 bits per heavy atom. The number of carbonyl (C=O) groups is 1. The van der Waals surface area contributed by atoms with Crippen molar-refractivity contribution in [2.45, 2.75) is 38.1 Å². The predicted molar refractivity (Wildman–Crippen MR) is 70.4 cm³/mol. The van der Waals surface area contributed by atoms with E-state index < -0.39 is 0 Å². The van der Waals surface area contributed by atoms with Gasteiger partial charge in [0.1, 0.15) is 0 Å². The molecule has 0 bridgehead atoms. The maximum absolute atomic E-state index is 11.4. The van der Waals surface area contributed by atoms with Gasteiger partial charge in [0, 0.05) is 18.3 Å². The molecule has 0 aliphatic carbocycles. The number of carbonyl (C=O) groups excluding carboxylic acids is 1. The van der Waals surface area contributed by atoms with Crippen molar-refractivity contribution in [3.05, 3.63) is 35.4 Å². The van der Waals surface area contributed by atoms with Crippen molar-refractivity contribution < 1.29 is 4.79 Å². The zero-order valence-electron chi connectivity index (χ0n) is 9.63. The minimum atomic E-state index is 0.145. The molecule has 88 valence electrons. The average Bonchev–Trinajstić information content (AvgIpc) is 2.34. The molecule has 1 amide bonds. The number of unbranched alkanes of at least 4 members (excludes halogenated alkanes) is 1. The summed E-state index contributed by atoms with van der Waals surface area (Å²) in [4.78, 5) is 11.4. The van der Waals surface area contributed by atoms with Crippen LogP contribution in [0, 0.1) is 0 Å². The molecule has 0 heterocycles. The Balaban J connectivity index is 2.33. The lowest BCUT2D eigenvalue weighted by Crippen LogP contribution is -2.22. The molecule has 16 heavy (non-hydrogen) atoms. The van der Waals surface area contributed by atoms with E-state index in [0.29, 0.717) is 13.0 Å². The van der Waals surface area contributed by atoms with Gasteiger partial charge in [0.15, 0.2) is 0 Å². The Bertz CT molecular complexity index is 321. The standard InChI is InChI=1S/C13H18BrNO/c1-2-3-4-13(16)15-10-12-7-5-11(9-14)6-8-12/h5-8H,2-4,9-10H2,1H3,(H,15,16). The number of rotatable bonds is 6. The monoisotopic (exact) mass is 283 g/mol. The van der Waals surface area contributed by atoms with Crippen LogP contribution in [0.4, 0.5) is 0 Å². The lowest BCUT2D eigenvalue weighted by Gasteiger charge is -2.05. The molecule has 1 rings (SSSR count). The van der Waals surface area contributed by atoms with Crippen LogP contribution in [-0.2, 0) is 16.7 Å². The molecular formula is C13H18BrNO. The Hall–Kier alpha value is -0.830. The van der Waals surface area contributed by atoms with E-state index in [-0.39, 0.29) is 5.91 Å². The second-order valence-electron chi connectivity index (χ2n) is 3.83. The SMILES string of the molecule is CCCCC(=O)NCc1ccc(CBr)cc1. The Kier molecular flexibility index (Phi) is 6.16. The molecular weight excluding hydrogens is 266 g/mol. The van der Waals surface area contributed by atoms with Crippen molar-refractivity contribution in [2.24, 2.45) is 0 Å². The van der Waals surface area contributed by atoms with Gasteiger partial charge in [-0.05, 0) is 17.5 Å². The molecule has 0 saturated carbocycles. The van der Waals surface area contributed by atoms with Crippen LogP contribution in [0.25, 0.3) is 0 Å². The van der Waals surface area contributed by atoms with Gasteiger partial charge < -0.3 is 5.32 Å². The highest BCUT2D eigenvalue weighted by Crippen LogP contribution is 2.07. The molecule has 0 aliphatic heterocycles. The second kappa shape index (κ2) is 7.44. The maximum Gasteiger partial charge on any atom is 0.220 e. The minimum absolute atomic E-state index is 0.145. The Morgan fingerprint density at radius 2 is 1.88 bits per heavy atom. The van der Waals surface area contributed by atoms with Gasteiger partial charge in [-0.25, -0.2) is 0 Å². The lowest BCUT2D eigenvalue weighted by atomic mass is 10.1. The zero-order chi connectivity index (χ0) is 11.8. The lowest BCUT2D eigenvalue weighted by molar-refractivity contribution is -0.121. The fraction of sp³-hybridized carbons (Fsp3) is 0.462. The largest absolute Gasteiger partial charge is 0.352 e. The van der Waals surface area contributed by atoms with Gasteiger partial charge in [0.2, 0.25) is 5.91 Å². The van der Waals surface area contributed by atoms with E-state index in [0.717, 1.165) is 23.7 Å². The van der Waals surface area contributed by atoms with Crippen LogP contribution in [-0.4, -0.2) is 5.91 Å². The van der Waals surface area contributed by atoms with E-state index in [9.17, 15) is 4.79 Å². The molecule has 1 aromatic carbocycles. The van der Waals surface area contributed by atoms with E-state index in [2.05, 4.69) is 52.4 Å². The minimum Gasteiger partial charge on any atom is -0.352 e. The first-order valence-electron chi connectivity index (χ1n) is 5.66. The summed E-state index contributed by atoms with van der Waals surface area (Å²) in [5.41, 5.74) is 2.40. The van der Waals surface area contributed by atoms with E-state index in [1.807, 2.05) is 0 Å². The fourth-order valence-electron chi connectivity index (χ4n) is 1.37. The zero-order valence-corrected chi connectivity index (χ0v) is 11.2. The van der Waals surface area contributed by atoms with E-state index in [4.69, 9.17) is 0 Å². The van der Waals surface area contributed by atoms with Crippen molar-refractivity contribution in [2.75, 3.05) is 0 Å². The van der Waals surface area contributed by atoms with Crippen LogP contribution in [0.3, 0.4) is 0 Å². The molecule has 0 fully saturated rings. The number of alkyl halides is 1. The maximum atomic E-state index is 11.4. The quantitative estimate of drug-likeness (QED) is 0.797. The van der Waals surface area contributed by atoms with Gasteiger partial charge in [-0.1, -0.05) is 53.5 Å². The van der Waals surface area contributed by atoms with Gasteiger partial charge >= 0.3 is 0 Å². The summed E-state index contributed by atoms with van der Waals surface area (Å²) in [6, 6.07) is 8.25. The van der Waals surface area contributed by atoms with Crippen molar-refractivity contribution in [3.63, 3.8) is 0 Å². The first-order chi connectivity index (χ1) is 7.76. The van der Waals surface area contributed by atoms with Gasteiger partial charge in [-0.15, -0.1) is 0 Å². The number of benzene rings is 1. The van der Waals surface area contributed by atoms with Crippen LogP contribution in [0.5, 0.6) is 0 Å². The van der Waals surface area contributed by atoms with Gasteiger partial charge in [-0.3, -0.25) is 4.79 Å². The molecule has 3 heteroatoms. The van der Waals surface area contributed by atoms with Gasteiger partial charge in [0.05, 0.1) is 0 Å². The molecule has 0 spiro atoms. The van der Waals surface area contributed by atoms with Gasteiger partial charge in [0.25, 0.3) is 0 Å². The number of halogens is 1. The Morgan fingerprint density at radius 3 is 2.44 bits per heavy atom. The topological polar surface area (TPSA) is 29.1 Å². The molecule has 0 aromatic heterocycles. The fourth-order valence-corrected chi connectivity index (χ4v) is 1.75. The van der Waals surface area contributed by atoms with E-state index in [1.54, 1.807) is 0 Å². The van der Waals surface area contributed by atoms with Crippen LogP contribution in [0.15, 0.2) is 24.3 Å². The van der Waals surface area contributed by atoms with Gasteiger partial charge in [-0.2, -0.15) is 0 Å². The predicted octanol–water partition coefficient (Wildman–Crippen LogP) is 3.39. The highest BCUT2D eigenvalue weighted by molar-refractivity contribution is 9.08. The third kappa shape index (κ3) is 4.79. The highest BCUT2D eigenvalue weighted by atomic mass is 79.9. The van der Waals surface area contributed by atoms with Crippen LogP contribution in [0.1, 0.15) is 37.3 Å². The number of amides is 1. The summed E-state index contributed by atoms with van der Waals surface area (Å²) in [6.45, 7) is 2.72. The van der Waals surface area contributed by atoms with Crippen molar-refractivity contribution in [1.82, 2.24) is 5.32 Å². The molecule has 0 aliphatic rings. The second-order valence-corrected chi connectivity index (χ2v) is 4.39. The molecule has 0 saturated heterocycles. The van der Waals surface area contributed by atoms with Crippen LogP contribution in [0.2, 0.25) is 0 Å². The van der Waals surface area contributed by atoms with Crippen molar-refractivity contribution in [1.29, 1.82) is 0 Å². The number of nitrogens with one attached hydrogen (secondary N) is 1. The van der Waals surface area contributed by atoms with Crippen LogP contribution >= 0.6 is 15.9 Å². The van der Waals surface area contributed by atoms with Crippen molar-refractivity contribution in [3.8, 4) is 0 Å². The third-order valence-corrected chi connectivity index (χ3v) is 3.07. The molecule has 1 aromatic rings. The summed E-state index contributed by atoms with van der Waals surface area (Å²) in [6.07, 6.45) is 2.66. The highest BCUT2D eigenvalue weighted by Gasteiger charge is 2.00. The molecule has 0 radical (unpaired) electrons. The third-order valence-electron chi connectivity index (χ3n) is 2.42. The van der Waals surface area contributed by atoms with Crippen LogP contribution < -0.4 is 5.32 Å². The first-order valence-corrected chi connectivity index (χ1v) is 6.79. The number of hydrogen-bond acceptors (Lipinski definition) is 1. The molecule has 0 unspecified atom stereocenters. The van der Waals surface area contributed by atoms with E-state index >= 15 is 0 Å². The molecule has 2 nitrogen and oxygen atoms in total. The first kappa shape index (κ1) is 13.2. The summed E-state index contributed by atoms with van der Waals surface area (Å²) in [7, 11) is 0.